The van der Waals surface area contributed by atoms with E-state index in [2.05, 4.69) is 29.2 Å². The van der Waals surface area contributed by atoms with Crippen molar-refractivity contribution in [2.45, 2.75) is 39.0 Å². The first-order valence-corrected chi connectivity index (χ1v) is 10.2. The number of amides is 1. The third-order valence-corrected chi connectivity index (χ3v) is 4.49. The van der Waals surface area contributed by atoms with Crippen molar-refractivity contribution in [2.75, 3.05) is 27.2 Å². The third-order valence-electron chi connectivity index (χ3n) is 4.49. The van der Waals surface area contributed by atoms with Gasteiger partial charge in [0, 0.05) is 30.6 Å². The van der Waals surface area contributed by atoms with Gasteiger partial charge in [-0.15, -0.1) is 0 Å². The molecule has 196 valence electrons. The zero-order valence-electron chi connectivity index (χ0n) is 19.5. The van der Waals surface area contributed by atoms with Crippen LogP contribution in [0.15, 0.2) is 35.0 Å². The summed E-state index contributed by atoms with van der Waals surface area (Å²) in [4.78, 5) is 23.1. The van der Waals surface area contributed by atoms with Crippen molar-refractivity contribution in [2.24, 2.45) is 5.41 Å². The second-order valence-corrected chi connectivity index (χ2v) is 8.74. The van der Waals surface area contributed by atoms with E-state index in [-0.39, 0.29) is 17.7 Å². The molecule has 35 heavy (non-hydrogen) atoms. The minimum Gasteiger partial charge on any atom is -0.475 e. The Morgan fingerprint density at radius 1 is 1.06 bits per heavy atom. The molecule has 7 nitrogen and oxygen atoms in total. The van der Waals surface area contributed by atoms with Crippen molar-refractivity contribution in [3.05, 3.63) is 41.6 Å². The van der Waals surface area contributed by atoms with Crippen molar-refractivity contribution >= 4 is 11.9 Å². The van der Waals surface area contributed by atoms with Gasteiger partial charge in [-0.05, 0) is 38.1 Å². The molecule has 2 N–H and O–H groups in total. The van der Waals surface area contributed by atoms with Crippen LogP contribution in [0.2, 0.25) is 0 Å². The van der Waals surface area contributed by atoms with Crippen LogP contribution in [-0.4, -0.2) is 60.4 Å². The Kier molecular flexibility index (Phi) is 10.3. The van der Waals surface area contributed by atoms with Crippen LogP contribution in [0.3, 0.4) is 0 Å². The van der Waals surface area contributed by atoms with Gasteiger partial charge in [0.1, 0.15) is 0 Å². The lowest BCUT2D eigenvalue weighted by atomic mass is 9.93. The average molecular weight is 511 g/mol. The number of carboxylic acid groups (broad SMARTS) is 1. The van der Waals surface area contributed by atoms with Gasteiger partial charge in [0.05, 0.1) is 11.8 Å². The molecule has 0 fully saturated rings. The maximum absolute atomic E-state index is 12.7. The van der Waals surface area contributed by atoms with Crippen molar-refractivity contribution in [1.82, 2.24) is 15.4 Å². The second kappa shape index (κ2) is 12.0. The van der Waals surface area contributed by atoms with Crippen molar-refractivity contribution in [3.8, 4) is 11.3 Å². The molecule has 0 bridgehead atoms. The fourth-order valence-corrected chi connectivity index (χ4v) is 3.07. The van der Waals surface area contributed by atoms with E-state index in [0.29, 0.717) is 29.9 Å². The highest BCUT2D eigenvalue weighted by molar-refractivity contribution is 5.76. The third kappa shape index (κ3) is 10.8. The molecule has 0 aliphatic carbocycles. The second-order valence-electron chi connectivity index (χ2n) is 8.74. The number of nitrogens with zero attached hydrogens (tertiary/aromatic N) is 2. The zero-order valence-corrected chi connectivity index (χ0v) is 19.5. The first-order valence-electron chi connectivity index (χ1n) is 10.2. The highest BCUT2D eigenvalue weighted by Gasteiger charge is 2.38. The van der Waals surface area contributed by atoms with E-state index in [0.717, 1.165) is 18.7 Å². The summed E-state index contributed by atoms with van der Waals surface area (Å²) in [6, 6.07) is 4.69. The zero-order chi connectivity index (χ0) is 27.0. The van der Waals surface area contributed by atoms with E-state index in [1.54, 1.807) is 0 Å². The number of nitrogens with one attached hydrogen (secondary N) is 1. The van der Waals surface area contributed by atoms with Gasteiger partial charge in [0.15, 0.2) is 5.76 Å². The molecular weight excluding hydrogens is 484 g/mol. The first kappa shape index (κ1) is 29.9. The van der Waals surface area contributed by atoms with Gasteiger partial charge >= 0.3 is 18.3 Å². The number of halogens is 6. The lowest BCUT2D eigenvalue weighted by molar-refractivity contribution is -0.192. The number of aryl methyl sites for hydroxylation is 1. The van der Waals surface area contributed by atoms with E-state index in [1.165, 1.54) is 18.3 Å². The molecule has 0 unspecified atom stereocenters. The fraction of sp³-hybridized carbons (Fsp3) is 0.500. The van der Waals surface area contributed by atoms with Gasteiger partial charge < -0.3 is 19.8 Å². The van der Waals surface area contributed by atoms with E-state index in [4.69, 9.17) is 14.4 Å². The van der Waals surface area contributed by atoms with Crippen LogP contribution in [0.4, 0.5) is 26.3 Å². The van der Waals surface area contributed by atoms with Crippen LogP contribution in [0, 0.1) is 5.41 Å². The van der Waals surface area contributed by atoms with Crippen LogP contribution in [0.25, 0.3) is 11.3 Å². The predicted molar refractivity (Wildman–Crippen MR) is 114 cm³/mol. The Bertz CT molecular complexity index is 967. The molecule has 2 rings (SSSR count). The summed E-state index contributed by atoms with van der Waals surface area (Å²) in [6.45, 7) is 5.56. The molecule has 1 aromatic heterocycles. The van der Waals surface area contributed by atoms with Gasteiger partial charge in [0.2, 0.25) is 5.91 Å². The highest BCUT2D eigenvalue weighted by atomic mass is 19.4. The van der Waals surface area contributed by atoms with Gasteiger partial charge in [-0.2, -0.15) is 26.3 Å². The molecule has 0 spiro atoms. The number of alkyl halides is 6. The molecular formula is C22H27F6N3O4. The van der Waals surface area contributed by atoms with Crippen LogP contribution >= 0.6 is 0 Å². The monoisotopic (exact) mass is 511 g/mol. The normalized spacial score (nSPS) is 12.2. The van der Waals surface area contributed by atoms with Gasteiger partial charge in [-0.1, -0.05) is 31.1 Å². The molecule has 1 amide bonds. The molecule has 2 aromatic rings. The van der Waals surface area contributed by atoms with Gasteiger partial charge in [-0.3, -0.25) is 4.79 Å². The summed E-state index contributed by atoms with van der Waals surface area (Å²) in [5, 5.41) is 13.8. The molecule has 1 heterocycles. The number of carbonyl (C=O) groups is 2. The number of hydrogen-bond acceptors (Lipinski definition) is 5. The van der Waals surface area contributed by atoms with Crippen LogP contribution in [0.1, 0.15) is 31.4 Å². The number of aromatic nitrogens is 1. The molecule has 0 radical (unpaired) electrons. The molecule has 0 aliphatic rings. The molecule has 0 saturated carbocycles. The Morgan fingerprint density at radius 3 is 2.06 bits per heavy atom. The number of aliphatic carboxylic acids is 1. The molecule has 1 aromatic carbocycles. The summed E-state index contributed by atoms with van der Waals surface area (Å²) in [5.41, 5.74) is 0.398. The summed E-state index contributed by atoms with van der Waals surface area (Å²) in [7, 11) is 3.97. The van der Waals surface area contributed by atoms with Crippen LogP contribution in [-0.2, 0) is 22.2 Å². The summed E-state index contributed by atoms with van der Waals surface area (Å²) >= 11 is 0. The summed E-state index contributed by atoms with van der Waals surface area (Å²) in [6.07, 6.45) is -7.34. The van der Waals surface area contributed by atoms with Crippen molar-refractivity contribution in [3.63, 3.8) is 0 Å². The maximum Gasteiger partial charge on any atom is 0.490 e. The van der Waals surface area contributed by atoms with E-state index in [9.17, 15) is 31.1 Å². The Morgan fingerprint density at radius 2 is 1.60 bits per heavy atom. The fourth-order valence-electron chi connectivity index (χ4n) is 3.07. The minimum absolute atomic E-state index is 0.0538. The largest absolute Gasteiger partial charge is 0.490 e. The van der Waals surface area contributed by atoms with Gasteiger partial charge in [-0.25, -0.2) is 4.79 Å². The van der Waals surface area contributed by atoms with Crippen LogP contribution < -0.4 is 5.32 Å². The van der Waals surface area contributed by atoms with Crippen molar-refractivity contribution < 1.29 is 45.6 Å². The van der Waals surface area contributed by atoms with Gasteiger partial charge in [0.25, 0.3) is 0 Å². The number of hydrogen-bond donors (Lipinski definition) is 2. The molecule has 13 heteroatoms. The number of carbonyl (C=O) groups excluding carboxylic acids is 1. The topological polar surface area (TPSA) is 95.7 Å². The number of rotatable bonds is 8. The first-order chi connectivity index (χ1) is 15.9. The van der Waals surface area contributed by atoms with E-state index >= 15 is 0 Å². The predicted octanol–water partition coefficient (Wildman–Crippen LogP) is 4.63. The Hall–Kier alpha value is -3.09. The average Bonchev–Trinajstić information content (AvgIpc) is 3.18. The van der Waals surface area contributed by atoms with Crippen LogP contribution in [0.5, 0.6) is 0 Å². The quantitative estimate of drug-likeness (QED) is 0.502. The molecule has 0 atom stereocenters. The SMILES string of the molecule is CN(C)CC(C)(C)CNC(=O)CCc1cnoc1-c1ccc(C(F)(F)F)cc1.O=C(O)C(F)(F)F. The maximum atomic E-state index is 12.7. The molecule has 0 aliphatic heterocycles. The lowest BCUT2D eigenvalue weighted by Crippen LogP contribution is -2.40. The summed E-state index contributed by atoms with van der Waals surface area (Å²) in [5.74, 6) is -2.46. The van der Waals surface area contributed by atoms with E-state index < -0.39 is 23.9 Å². The Balaban J connectivity index is 0.000000762. The smallest absolute Gasteiger partial charge is 0.475 e. The lowest BCUT2D eigenvalue weighted by Gasteiger charge is -2.28. The minimum atomic E-state index is -5.08. The highest BCUT2D eigenvalue weighted by Crippen LogP contribution is 2.32. The number of carboxylic acids is 1. The van der Waals surface area contributed by atoms with Crippen molar-refractivity contribution in [1.29, 1.82) is 0 Å². The van der Waals surface area contributed by atoms with E-state index in [1.807, 2.05) is 14.1 Å². The molecule has 0 saturated heterocycles. The number of benzene rings is 1. The Labute approximate surface area is 198 Å². The standard InChI is InChI=1S/C20H26F3N3O2.C2HF3O2/c1-19(2,13-26(3)4)12-24-17(27)10-7-15-11-25-28-18(15)14-5-8-16(9-6-14)20(21,22)23;3-2(4,5)1(6)7/h5-6,8-9,11H,7,10,12-13H2,1-4H3,(H,24,27);(H,6,7). The summed E-state index contributed by atoms with van der Waals surface area (Å²) < 4.78 is 75.0.